The number of hydrogen-bond acceptors (Lipinski definition) is 2. The number of carbonyl (C=O) groups is 1. The van der Waals surface area contributed by atoms with Crippen LogP contribution >= 0.6 is 0 Å². The molecule has 2 aliphatic rings. The van der Waals surface area contributed by atoms with Crippen LogP contribution in [0, 0.1) is 23.5 Å². The molecule has 0 spiro atoms. The maximum Gasteiger partial charge on any atom is 0.241 e. The molecular weight excluding hydrogens is 274 g/mol. The summed E-state index contributed by atoms with van der Waals surface area (Å²) in [4.78, 5) is 14.3. The number of halogens is 2. The van der Waals surface area contributed by atoms with E-state index < -0.39 is 11.6 Å². The van der Waals surface area contributed by atoms with Crippen LogP contribution in [0.25, 0.3) is 0 Å². The molecular formula is C16H20F2N2O. The van der Waals surface area contributed by atoms with Gasteiger partial charge in [-0.2, -0.15) is 0 Å². The van der Waals surface area contributed by atoms with Crippen molar-refractivity contribution in [3.05, 3.63) is 35.4 Å². The Morgan fingerprint density at radius 3 is 2.57 bits per heavy atom. The molecule has 1 amide bonds. The van der Waals surface area contributed by atoms with Gasteiger partial charge in [0.25, 0.3) is 0 Å². The fourth-order valence-corrected chi connectivity index (χ4v) is 2.85. The van der Waals surface area contributed by atoms with E-state index in [0.717, 1.165) is 18.9 Å². The van der Waals surface area contributed by atoms with E-state index in [-0.39, 0.29) is 24.0 Å². The maximum absolute atomic E-state index is 13.5. The van der Waals surface area contributed by atoms with Gasteiger partial charge in [0.15, 0.2) is 11.6 Å². The predicted octanol–water partition coefficient (Wildman–Crippen LogP) is 2.83. The van der Waals surface area contributed by atoms with Crippen LogP contribution in [0.3, 0.4) is 0 Å². The van der Waals surface area contributed by atoms with Gasteiger partial charge in [-0.05, 0) is 42.4 Å². The highest BCUT2D eigenvalue weighted by Crippen LogP contribution is 2.35. The van der Waals surface area contributed by atoms with Crippen molar-refractivity contribution in [2.45, 2.75) is 38.9 Å². The number of benzene rings is 1. The predicted molar refractivity (Wildman–Crippen MR) is 75.3 cm³/mol. The molecule has 0 radical (unpaired) electrons. The summed E-state index contributed by atoms with van der Waals surface area (Å²) >= 11 is 0. The molecule has 1 aliphatic heterocycles. The average Bonchev–Trinajstić information content (AvgIpc) is 3.18. The first kappa shape index (κ1) is 14.4. The Labute approximate surface area is 123 Å². The van der Waals surface area contributed by atoms with Crippen LogP contribution in [-0.4, -0.2) is 23.4 Å². The Hall–Kier alpha value is -1.49. The molecule has 1 heterocycles. The fourth-order valence-electron chi connectivity index (χ4n) is 2.85. The number of hydrogen-bond donors (Lipinski definition) is 1. The van der Waals surface area contributed by atoms with Crippen molar-refractivity contribution in [1.29, 1.82) is 0 Å². The van der Waals surface area contributed by atoms with Gasteiger partial charge in [-0.15, -0.1) is 0 Å². The molecule has 3 nitrogen and oxygen atoms in total. The number of nitrogens with one attached hydrogen (secondary N) is 1. The lowest BCUT2D eigenvalue weighted by Gasteiger charge is -2.24. The Balaban J connectivity index is 1.89. The van der Waals surface area contributed by atoms with E-state index in [0.29, 0.717) is 18.0 Å². The van der Waals surface area contributed by atoms with Gasteiger partial charge in [0.2, 0.25) is 5.91 Å². The zero-order valence-electron chi connectivity index (χ0n) is 12.3. The summed E-state index contributed by atoms with van der Waals surface area (Å²) in [7, 11) is 0. The normalized spacial score (nSPS) is 26.0. The van der Waals surface area contributed by atoms with E-state index in [2.05, 4.69) is 5.32 Å². The third kappa shape index (κ3) is 2.79. The largest absolute Gasteiger partial charge is 0.321 e. The fraction of sp³-hybridized carbons (Fsp3) is 0.562. The van der Waals surface area contributed by atoms with Crippen molar-refractivity contribution in [3.63, 3.8) is 0 Å². The summed E-state index contributed by atoms with van der Waals surface area (Å²) in [5.41, 5.74) is 0.603. The topological polar surface area (TPSA) is 32.3 Å². The van der Waals surface area contributed by atoms with Crippen molar-refractivity contribution < 1.29 is 13.6 Å². The highest BCUT2D eigenvalue weighted by atomic mass is 19.2. The lowest BCUT2D eigenvalue weighted by Crippen LogP contribution is -2.35. The average molecular weight is 294 g/mol. The second kappa shape index (κ2) is 5.37. The SMILES string of the molecule is CC(C)C1NC(c2ccc(F)c(F)c2)N(CC2CC2)C1=O. The van der Waals surface area contributed by atoms with Gasteiger partial charge in [0.1, 0.15) is 6.17 Å². The number of amides is 1. The molecule has 0 aromatic heterocycles. The molecule has 0 bridgehead atoms. The van der Waals surface area contributed by atoms with Crippen LogP contribution in [0.1, 0.15) is 38.4 Å². The Kier molecular flexibility index (Phi) is 3.69. The van der Waals surface area contributed by atoms with Crippen LogP contribution in [-0.2, 0) is 4.79 Å². The molecule has 21 heavy (non-hydrogen) atoms. The lowest BCUT2D eigenvalue weighted by atomic mass is 10.0. The standard InChI is InChI=1S/C16H20F2N2O/c1-9(2)14-16(21)20(8-10-3-4-10)15(19-14)11-5-6-12(17)13(18)7-11/h5-7,9-10,14-15,19H,3-4,8H2,1-2H3. The molecule has 3 rings (SSSR count). The monoisotopic (exact) mass is 294 g/mol. The first-order chi connectivity index (χ1) is 9.97. The summed E-state index contributed by atoms with van der Waals surface area (Å²) < 4.78 is 26.6. The molecule has 5 heteroatoms. The quantitative estimate of drug-likeness (QED) is 0.926. The van der Waals surface area contributed by atoms with E-state index in [1.807, 2.05) is 13.8 Å². The third-order valence-corrected chi connectivity index (χ3v) is 4.28. The molecule has 2 unspecified atom stereocenters. The second-order valence-corrected chi connectivity index (χ2v) is 6.40. The molecule has 1 aromatic carbocycles. The first-order valence-electron chi connectivity index (χ1n) is 7.49. The van der Waals surface area contributed by atoms with Gasteiger partial charge in [0, 0.05) is 6.54 Å². The zero-order valence-corrected chi connectivity index (χ0v) is 12.3. The van der Waals surface area contributed by atoms with Crippen LogP contribution in [0.2, 0.25) is 0 Å². The van der Waals surface area contributed by atoms with E-state index in [1.54, 1.807) is 11.0 Å². The summed E-state index contributed by atoms with van der Waals surface area (Å²) in [5.74, 6) is -0.964. The smallest absolute Gasteiger partial charge is 0.241 e. The maximum atomic E-state index is 13.5. The summed E-state index contributed by atoms with van der Waals surface area (Å²) in [5, 5.41) is 3.27. The summed E-state index contributed by atoms with van der Waals surface area (Å²) in [6, 6.07) is 3.59. The van der Waals surface area contributed by atoms with Gasteiger partial charge >= 0.3 is 0 Å². The van der Waals surface area contributed by atoms with Crippen LogP contribution < -0.4 is 5.32 Å². The number of nitrogens with zero attached hydrogens (tertiary/aromatic N) is 1. The van der Waals surface area contributed by atoms with Crippen LogP contribution in [0.15, 0.2) is 18.2 Å². The summed E-state index contributed by atoms with van der Waals surface area (Å²) in [6.07, 6.45) is 1.92. The minimum absolute atomic E-state index is 0.0617. The van der Waals surface area contributed by atoms with E-state index in [9.17, 15) is 13.6 Å². The van der Waals surface area contributed by atoms with Crippen molar-refractivity contribution in [1.82, 2.24) is 10.2 Å². The van der Waals surface area contributed by atoms with Crippen molar-refractivity contribution >= 4 is 5.91 Å². The number of carbonyl (C=O) groups excluding carboxylic acids is 1. The number of rotatable bonds is 4. The highest BCUT2D eigenvalue weighted by Gasteiger charge is 2.43. The minimum Gasteiger partial charge on any atom is -0.321 e. The molecule has 2 fully saturated rings. The van der Waals surface area contributed by atoms with Crippen molar-refractivity contribution in [2.24, 2.45) is 11.8 Å². The second-order valence-electron chi connectivity index (χ2n) is 6.40. The van der Waals surface area contributed by atoms with Gasteiger partial charge in [-0.1, -0.05) is 19.9 Å². The van der Waals surface area contributed by atoms with Gasteiger partial charge < -0.3 is 4.90 Å². The Bertz CT molecular complexity index is 557. The highest BCUT2D eigenvalue weighted by molar-refractivity contribution is 5.84. The molecule has 114 valence electrons. The van der Waals surface area contributed by atoms with E-state index >= 15 is 0 Å². The van der Waals surface area contributed by atoms with Crippen LogP contribution in [0.5, 0.6) is 0 Å². The molecule has 1 aromatic rings. The lowest BCUT2D eigenvalue weighted by molar-refractivity contribution is -0.131. The van der Waals surface area contributed by atoms with E-state index in [4.69, 9.17) is 0 Å². The Morgan fingerprint density at radius 2 is 2.00 bits per heavy atom. The zero-order chi connectivity index (χ0) is 15.1. The molecule has 1 saturated heterocycles. The van der Waals surface area contributed by atoms with Gasteiger partial charge in [0.05, 0.1) is 6.04 Å². The first-order valence-corrected chi connectivity index (χ1v) is 7.49. The molecule has 1 N–H and O–H groups in total. The van der Waals surface area contributed by atoms with Crippen LogP contribution in [0.4, 0.5) is 8.78 Å². The summed E-state index contributed by atoms with van der Waals surface area (Å²) in [6.45, 7) is 4.66. The molecule has 1 saturated carbocycles. The molecule has 2 atom stereocenters. The van der Waals surface area contributed by atoms with E-state index in [1.165, 1.54) is 6.07 Å². The molecule has 1 aliphatic carbocycles. The van der Waals surface area contributed by atoms with Crippen molar-refractivity contribution in [2.75, 3.05) is 6.54 Å². The van der Waals surface area contributed by atoms with Crippen molar-refractivity contribution in [3.8, 4) is 0 Å². The van der Waals surface area contributed by atoms with Gasteiger partial charge in [-0.3, -0.25) is 10.1 Å². The van der Waals surface area contributed by atoms with Gasteiger partial charge in [-0.25, -0.2) is 8.78 Å². The Morgan fingerprint density at radius 1 is 1.29 bits per heavy atom. The third-order valence-electron chi connectivity index (χ3n) is 4.28. The minimum atomic E-state index is -0.874.